The quantitative estimate of drug-likeness (QED) is 0.478. The predicted molar refractivity (Wildman–Crippen MR) is 106 cm³/mol. The highest BCUT2D eigenvalue weighted by molar-refractivity contribution is 6.06. The van der Waals surface area contributed by atoms with Crippen LogP contribution in [0.2, 0.25) is 0 Å². The Kier molecular flexibility index (Phi) is 6.11. The van der Waals surface area contributed by atoms with Crippen molar-refractivity contribution in [3.8, 4) is 6.07 Å². The van der Waals surface area contributed by atoms with Crippen molar-refractivity contribution in [3.63, 3.8) is 0 Å². The molecule has 158 valence electrons. The van der Waals surface area contributed by atoms with Crippen molar-refractivity contribution in [2.45, 2.75) is 65.3 Å². The number of carbonyl (C=O) groups is 3. The topological polar surface area (TPSA) is 120 Å². The third kappa shape index (κ3) is 4.36. The Morgan fingerprint density at radius 2 is 1.66 bits per heavy atom. The van der Waals surface area contributed by atoms with Crippen LogP contribution in [0.15, 0.2) is 0 Å². The maximum Gasteiger partial charge on any atom is 0.329 e. The van der Waals surface area contributed by atoms with Crippen LogP contribution in [-0.4, -0.2) is 36.0 Å². The number of amides is 1. The maximum absolute atomic E-state index is 13.2. The van der Waals surface area contributed by atoms with Gasteiger partial charge in [0.1, 0.15) is 12.0 Å². The molecule has 4 aliphatic rings. The van der Waals surface area contributed by atoms with Gasteiger partial charge in [-0.1, -0.05) is 13.8 Å². The summed E-state index contributed by atoms with van der Waals surface area (Å²) in [6.45, 7) is 4.46. The van der Waals surface area contributed by atoms with Crippen LogP contribution in [0.25, 0.3) is 0 Å². The molecule has 4 fully saturated rings. The van der Waals surface area contributed by atoms with E-state index >= 15 is 0 Å². The molecule has 0 aromatic carbocycles. The minimum atomic E-state index is -1.21. The fourth-order valence-electron chi connectivity index (χ4n) is 5.91. The molecule has 2 atom stereocenters. The Balaban J connectivity index is 1.62. The van der Waals surface area contributed by atoms with Crippen molar-refractivity contribution in [1.82, 2.24) is 5.32 Å². The monoisotopic (exact) mass is 401 g/mol. The maximum atomic E-state index is 13.2. The van der Waals surface area contributed by atoms with Crippen LogP contribution < -0.4 is 5.32 Å². The van der Waals surface area contributed by atoms with E-state index in [4.69, 9.17) is 15.4 Å². The molecule has 1 amide bonds. The largest absolute Gasteiger partial charge is 0.456 e. The summed E-state index contributed by atoms with van der Waals surface area (Å²) in [5.41, 5.74) is -0.439. The molecule has 0 saturated heterocycles. The molecule has 0 aliphatic heterocycles. The van der Waals surface area contributed by atoms with Gasteiger partial charge in [-0.05, 0) is 69.1 Å². The summed E-state index contributed by atoms with van der Waals surface area (Å²) >= 11 is 0. The second-order valence-electron chi connectivity index (χ2n) is 9.71. The van der Waals surface area contributed by atoms with Crippen LogP contribution in [0.5, 0.6) is 0 Å². The molecule has 0 aromatic rings. The Morgan fingerprint density at radius 1 is 1.14 bits per heavy atom. The van der Waals surface area contributed by atoms with E-state index in [0.29, 0.717) is 17.8 Å². The lowest BCUT2D eigenvalue weighted by Crippen LogP contribution is -2.57. The first-order valence-electron chi connectivity index (χ1n) is 10.6. The first kappa shape index (κ1) is 21.5. The van der Waals surface area contributed by atoms with Crippen molar-refractivity contribution in [2.24, 2.45) is 35.0 Å². The zero-order valence-electron chi connectivity index (χ0n) is 17.5. The second-order valence-corrected chi connectivity index (χ2v) is 9.71. The summed E-state index contributed by atoms with van der Waals surface area (Å²) in [7, 11) is 0. The zero-order chi connectivity index (χ0) is 21.3. The van der Waals surface area contributed by atoms with E-state index in [-0.39, 0.29) is 23.0 Å². The molecule has 4 aliphatic carbocycles. The first-order valence-corrected chi connectivity index (χ1v) is 10.6. The van der Waals surface area contributed by atoms with Gasteiger partial charge in [0.2, 0.25) is 5.91 Å². The average Bonchev–Trinajstić information content (AvgIpc) is 2.62. The number of rotatable bonds is 8. The van der Waals surface area contributed by atoms with Gasteiger partial charge >= 0.3 is 5.97 Å². The van der Waals surface area contributed by atoms with Gasteiger partial charge in [-0.15, -0.1) is 0 Å². The molecular formula is C22H31N3O4. The molecule has 29 heavy (non-hydrogen) atoms. The summed E-state index contributed by atoms with van der Waals surface area (Å²) in [5, 5.41) is 19.4. The highest BCUT2D eigenvalue weighted by Gasteiger charge is 2.55. The average molecular weight is 402 g/mol. The van der Waals surface area contributed by atoms with Crippen molar-refractivity contribution < 1.29 is 19.1 Å². The molecule has 0 aromatic heterocycles. The number of nitriles is 1. The summed E-state index contributed by atoms with van der Waals surface area (Å²) in [6.07, 6.45) is 6.42. The van der Waals surface area contributed by atoms with Gasteiger partial charge in [0.15, 0.2) is 12.4 Å². The third-order valence-electron chi connectivity index (χ3n) is 6.97. The van der Waals surface area contributed by atoms with Crippen molar-refractivity contribution in [1.29, 1.82) is 10.7 Å². The number of esters is 1. The third-order valence-corrected chi connectivity index (χ3v) is 6.97. The van der Waals surface area contributed by atoms with Gasteiger partial charge < -0.3 is 15.5 Å². The molecule has 0 unspecified atom stereocenters. The molecule has 4 bridgehead atoms. The van der Waals surface area contributed by atoms with Crippen LogP contribution >= 0.6 is 0 Å². The molecule has 4 rings (SSSR count). The van der Waals surface area contributed by atoms with Crippen LogP contribution in [0.1, 0.15) is 59.3 Å². The van der Waals surface area contributed by atoms with E-state index in [1.54, 1.807) is 6.07 Å². The van der Waals surface area contributed by atoms with Crippen LogP contribution in [0, 0.1) is 51.7 Å². The molecule has 0 heterocycles. The van der Waals surface area contributed by atoms with E-state index < -0.39 is 30.3 Å². The van der Waals surface area contributed by atoms with E-state index in [0.717, 1.165) is 19.3 Å². The van der Waals surface area contributed by atoms with Crippen molar-refractivity contribution >= 4 is 23.4 Å². The number of nitrogens with one attached hydrogen (secondary N) is 2. The molecule has 0 radical (unpaired) electrons. The van der Waals surface area contributed by atoms with Crippen LogP contribution in [0.4, 0.5) is 0 Å². The van der Waals surface area contributed by atoms with E-state index in [2.05, 4.69) is 5.32 Å². The minimum absolute atomic E-state index is 0.0520. The van der Waals surface area contributed by atoms with E-state index in [9.17, 15) is 14.4 Å². The smallest absolute Gasteiger partial charge is 0.329 e. The first-order chi connectivity index (χ1) is 13.6. The van der Waals surface area contributed by atoms with Gasteiger partial charge in [-0.25, -0.2) is 4.79 Å². The minimum Gasteiger partial charge on any atom is -0.456 e. The van der Waals surface area contributed by atoms with E-state index in [1.807, 2.05) is 13.8 Å². The zero-order valence-corrected chi connectivity index (χ0v) is 17.5. The lowest BCUT2D eigenvalue weighted by atomic mass is 9.49. The Morgan fingerprint density at radius 3 is 2.07 bits per heavy atom. The summed E-state index contributed by atoms with van der Waals surface area (Å²) < 4.78 is 5.13. The Hall–Kier alpha value is -2.23. The number of hydrogen-bond acceptors (Lipinski definition) is 6. The number of ketones is 1. The number of carbonyl (C=O) groups excluding carboxylic acids is 3. The van der Waals surface area contributed by atoms with E-state index in [1.165, 1.54) is 26.2 Å². The van der Waals surface area contributed by atoms with Crippen LogP contribution in [0.3, 0.4) is 0 Å². The Labute approximate surface area is 172 Å². The SMILES string of the molecule is CC(=N)[C@H](C#N)C(=O)COC(=O)[C@H](NC(=O)C12CC3CC(CC(C3)C1)C2)C(C)C. The fourth-order valence-corrected chi connectivity index (χ4v) is 5.91. The highest BCUT2D eigenvalue weighted by Crippen LogP contribution is 2.60. The molecule has 4 saturated carbocycles. The molecule has 7 heteroatoms. The molecule has 0 spiro atoms. The lowest BCUT2D eigenvalue weighted by Gasteiger charge is -2.55. The molecule has 2 N–H and O–H groups in total. The molecular weight excluding hydrogens is 370 g/mol. The number of Topliss-reactive ketones (excluding diaryl/α,β-unsaturated/α-hetero) is 1. The van der Waals surface area contributed by atoms with Gasteiger partial charge in [0, 0.05) is 11.1 Å². The fraction of sp³-hybridized carbons (Fsp3) is 0.773. The lowest BCUT2D eigenvalue weighted by molar-refractivity contribution is -0.156. The number of nitrogens with zero attached hydrogens (tertiary/aromatic N) is 1. The van der Waals surface area contributed by atoms with Gasteiger partial charge in [-0.3, -0.25) is 9.59 Å². The van der Waals surface area contributed by atoms with Crippen molar-refractivity contribution in [2.75, 3.05) is 6.61 Å². The number of ether oxygens (including phenoxy) is 1. The second kappa shape index (κ2) is 8.25. The number of hydrogen-bond donors (Lipinski definition) is 2. The summed E-state index contributed by atoms with van der Waals surface area (Å²) in [6, 6.07) is 0.920. The van der Waals surface area contributed by atoms with Crippen LogP contribution in [-0.2, 0) is 19.1 Å². The Bertz CT molecular complexity index is 716. The normalized spacial score (nSPS) is 31.6. The van der Waals surface area contributed by atoms with Gasteiger partial charge in [-0.2, -0.15) is 5.26 Å². The molecule has 7 nitrogen and oxygen atoms in total. The standard InChI is InChI=1S/C22H31N3O4/c1-12(2)19(20(27)29-11-18(26)17(10-23)13(3)24)25-21(28)22-7-14-4-15(8-22)6-16(5-14)9-22/h12,14-17,19,24H,4-9,11H2,1-3H3,(H,25,28)/t14?,15?,16?,17-,19+,22?/m0/s1. The predicted octanol–water partition coefficient (Wildman–Crippen LogP) is 2.64. The van der Waals surface area contributed by atoms with Gasteiger partial charge in [0.05, 0.1) is 6.07 Å². The highest BCUT2D eigenvalue weighted by atomic mass is 16.5. The van der Waals surface area contributed by atoms with Gasteiger partial charge in [0.25, 0.3) is 0 Å². The summed E-state index contributed by atoms with van der Waals surface area (Å²) in [4.78, 5) is 37.9. The van der Waals surface area contributed by atoms with Crippen molar-refractivity contribution in [3.05, 3.63) is 0 Å². The summed E-state index contributed by atoms with van der Waals surface area (Å²) in [5.74, 6) is -0.851.